The average molecular weight is 470 g/mol. The molecule has 6 nitrogen and oxygen atoms in total. The summed E-state index contributed by atoms with van der Waals surface area (Å²) < 4.78 is 19.0. The molecule has 3 aromatic rings. The number of thioether (sulfide) groups is 1. The molecular weight excluding hydrogens is 449 g/mol. The molecule has 2 amide bonds. The van der Waals surface area contributed by atoms with Gasteiger partial charge in [0.2, 0.25) is 5.91 Å². The topological polar surface area (TPSA) is 74.4 Å². The second kappa shape index (κ2) is 9.54. The first kappa shape index (κ1) is 22.0. The molecule has 1 saturated heterocycles. The summed E-state index contributed by atoms with van der Waals surface area (Å²) in [5.74, 6) is -0.181. The highest BCUT2D eigenvalue weighted by molar-refractivity contribution is 8.26. The number of halogens is 1. The van der Waals surface area contributed by atoms with E-state index >= 15 is 0 Å². The third kappa shape index (κ3) is 4.84. The molecule has 9 heteroatoms. The van der Waals surface area contributed by atoms with Crippen molar-refractivity contribution in [2.24, 2.45) is 0 Å². The fourth-order valence-electron chi connectivity index (χ4n) is 3.38. The second-order valence-corrected chi connectivity index (χ2v) is 8.82. The number of nitrogens with one attached hydrogen (secondary N) is 2. The van der Waals surface area contributed by atoms with Crippen LogP contribution in [0, 0.1) is 5.82 Å². The van der Waals surface area contributed by atoms with Crippen LogP contribution >= 0.6 is 24.0 Å². The highest BCUT2D eigenvalue weighted by atomic mass is 32.2. The molecule has 1 fully saturated rings. The molecule has 2 heterocycles. The van der Waals surface area contributed by atoms with Gasteiger partial charge in [-0.1, -0.05) is 36.1 Å². The van der Waals surface area contributed by atoms with Gasteiger partial charge in [0.05, 0.1) is 12.0 Å². The van der Waals surface area contributed by atoms with E-state index in [1.807, 2.05) is 30.5 Å². The molecule has 0 saturated carbocycles. The molecule has 4 rings (SSSR count). The highest BCUT2D eigenvalue weighted by Gasteiger charge is 2.33. The minimum atomic E-state index is -0.307. The fourth-order valence-corrected chi connectivity index (χ4v) is 4.64. The lowest BCUT2D eigenvalue weighted by Gasteiger charge is -2.14. The van der Waals surface area contributed by atoms with Crippen molar-refractivity contribution < 1.29 is 18.7 Å². The molecule has 0 aliphatic carbocycles. The standard InChI is InChI=1S/C23H20FN3O3S2/c1-30-17-5-2-14(3-6-17)10-20-22(29)27(23(31)32-20)13-21(28)25-9-8-15-12-26-19-7-4-16(24)11-18(15)19/h2-7,10-12,26H,8-9,13H2,1H3,(H,25,28)/b20-10-. The Bertz CT molecular complexity index is 1220. The van der Waals surface area contributed by atoms with Gasteiger partial charge in [0.1, 0.15) is 22.4 Å². The maximum Gasteiger partial charge on any atom is 0.266 e. The predicted octanol–water partition coefficient (Wildman–Crippen LogP) is 3.88. The Morgan fingerprint density at radius 3 is 2.81 bits per heavy atom. The minimum Gasteiger partial charge on any atom is -0.497 e. The van der Waals surface area contributed by atoms with Gasteiger partial charge in [-0.3, -0.25) is 14.5 Å². The molecular formula is C23H20FN3O3S2. The van der Waals surface area contributed by atoms with Crippen molar-refractivity contribution in [3.05, 3.63) is 70.5 Å². The first-order chi connectivity index (χ1) is 15.4. The molecule has 0 atom stereocenters. The lowest BCUT2D eigenvalue weighted by molar-refractivity contribution is -0.128. The second-order valence-electron chi connectivity index (χ2n) is 7.14. The van der Waals surface area contributed by atoms with Crippen molar-refractivity contribution in [1.82, 2.24) is 15.2 Å². The number of nitrogens with zero attached hydrogens (tertiary/aromatic N) is 1. The van der Waals surface area contributed by atoms with E-state index in [0.29, 0.717) is 22.2 Å². The average Bonchev–Trinajstić information content (AvgIpc) is 3.29. The highest BCUT2D eigenvalue weighted by Crippen LogP contribution is 2.32. The summed E-state index contributed by atoms with van der Waals surface area (Å²) in [7, 11) is 1.59. The van der Waals surface area contributed by atoms with Crippen LogP contribution in [-0.4, -0.2) is 46.2 Å². The van der Waals surface area contributed by atoms with Gasteiger partial charge >= 0.3 is 0 Å². The van der Waals surface area contributed by atoms with Crippen LogP contribution in [0.15, 0.2) is 53.6 Å². The zero-order valence-corrected chi connectivity index (χ0v) is 18.8. The van der Waals surface area contributed by atoms with Crippen LogP contribution in [0.25, 0.3) is 17.0 Å². The van der Waals surface area contributed by atoms with Crippen molar-refractivity contribution >= 4 is 57.1 Å². The summed E-state index contributed by atoms with van der Waals surface area (Å²) >= 11 is 6.47. The number of benzene rings is 2. The summed E-state index contributed by atoms with van der Waals surface area (Å²) in [4.78, 5) is 30.0. The number of aromatic nitrogens is 1. The lowest BCUT2D eigenvalue weighted by atomic mass is 10.1. The van der Waals surface area contributed by atoms with Crippen LogP contribution in [0.2, 0.25) is 0 Å². The van der Waals surface area contributed by atoms with Crippen LogP contribution in [0.4, 0.5) is 4.39 Å². The van der Waals surface area contributed by atoms with Crippen molar-refractivity contribution in [1.29, 1.82) is 0 Å². The van der Waals surface area contributed by atoms with E-state index in [1.165, 1.54) is 28.8 Å². The molecule has 164 valence electrons. The van der Waals surface area contributed by atoms with E-state index < -0.39 is 0 Å². The van der Waals surface area contributed by atoms with Crippen LogP contribution in [0.3, 0.4) is 0 Å². The SMILES string of the molecule is COc1ccc(/C=C2\SC(=S)N(CC(=O)NCCc3c[nH]c4ccc(F)cc34)C2=O)cc1. The number of aromatic amines is 1. The van der Waals surface area contributed by atoms with Crippen LogP contribution in [0.1, 0.15) is 11.1 Å². The predicted molar refractivity (Wildman–Crippen MR) is 128 cm³/mol. The third-order valence-corrected chi connectivity index (χ3v) is 6.41. The van der Waals surface area contributed by atoms with Crippen molar-refractivity contribution in [2.75, 3.05) is 20.2 Å². The summed E-state index contributed by atoms with van der Waals surface area (Å²) in [5.41, 5.74) is 2.59. The molecule has 0 unspecified atom stereocenters. The number of methoxy groups -OCH3 is 1. The van der Waals surface area contributed by atoms with Crippen molar-refractivity contribution in [3.63, 3.8) is 0 Å². The zero-order valence-electron chi connectivity index (χ0n) is 17.2. The van der Waals surface area contributed by atoms with Crippen molar-refractivity contribution in [3.8, 4) is 5.75 Å². The Morgan fingerprint density at radius 1 is 1.28 bits per heavy atom. The molecule has 1 aromatic heterocycles. The van der Waals surface area contributed by atoms with Gasteiger partial charge in [0, 0.05) is 23.6 Å². The monoisotopic (exact) mass is 469 g/mol. The van der Waals surface area contributed by atoms with Gasteiger partial charge in [0.15, 0.2) is 0 Å². The van der Waals surface area contributed by atoms with E-state index in [0.717, 1.165) is 27.8 Å². The Morgan fingerprint density at radius 2 is 2.06 bits per heavy atom. The number of carbonyl (C=O) groups is 2. The number of H-pyrrole nitrogens is 1. The maximum atomic E-state index is 13.5. The van der Waals surface area contributed by atoms with Gasteiger partial charge in [0.25, 0.3) is 5.91 Å². The largest absolute Gasteiger partial charge is 0.497 e. The Labute approximate surface area is 193 Å². The summed E-state index contributed by atoms with van der Waals surface area (Å²) in [6, 6.07) is 11.9. The smallest absolute Gasteiger partial charge is 0.266 e. The van der Waals surface area contributed by atoms with E-state index in [1.54, 1.807) is 19.3 Å². The van der Waals surface area contributed by atoms with Gasteiger partial charge < -0.3 is 15.0 Å². The first-order valence-electron chi connectivity index (χ1n) is 9.86. The number of rotatable bonds is 7. The molecule has 2 aromatic carbocycles. The zero-order chi connectivity index (χ0) is 22.7. The normalized spacial score (nSPS) is 15.1. The summed E-state index contributed by atoms with van der Waals surface area (Å²) in [5, 5.41) is 3.59. The number of hydrogen-bond acceptors (Lipinski definition) is 5. The molecule has 1 aliphatic heterocycles. The van der Waals surface area contributed by atoms with Gasteiger partial charge in [-0.2, -0.15) is 0 Å². The van der Waals surface area contributed by atoms with Crippen LogP contribution < -0.4 is 10.1 Å². The quantitative estimate of drug-likeness (QED) is 0.406. The third-order valence-electron chi connectivity index (χ3n) is 5.03. The minimum absolute atomic E-state index is 0.146. The van der Waals surface area contributed by atoms with Crippen molar-refractivity contribution in [2.45, 2.75) is 6.42 Å². The fraction of sp³-hybridized carbons (Fsp3) is 0.174. The van der Waals surface area contributed by atoms with Gasteiger partial charge in [-0.25, -0.2) is 4.39 Å². The van der Waals surface area contributed by atoms with E-state index in [4.69, 9.17) is 17.0 Å². The molecule has 1 aliphatic rings. The van der Waals surface area contributed by atoms with Crippen LogP contribution in [0.5, 0.6) is 5.75 Å². The number of hydrogen-bond donors (Lipinski definition) is 2. The number of amides is 2. The number of thiocarbonyl (C=S) groups is 1. The Kier molecular flexibility index (Phi) is 6.57. The Hall–Kier alpha value is -3.17. The number of carbonyl (C=O) groups excluding carboxylic acids is 2. The molecule has 0 radical (unpaired) electrons. The lowest BCUT2D eigenvalue weighted by Crippen LogP contribution is -2.40. The van der Waals surface area contributed by atoms with E-state index in [9.17, 15) is 14.0 Å². The Balaban J connectivity index is 1.33. The first-order valence-corrected chi connectivity index (χ1v) is 11.1. The molecule has 0 bridgehead atoms. The van der Waals surface area contributed by atoms with Crippen LogP contribution in [-0.2, 0) is 16.0 Å². The molecule has 32 heavy (non-hydrogen) atoms. The maximum absolute atomic E-state index is 13.5. The van der Waals surface area contributed by atoms with E-state index in [-0.39, 0.29) is 24.2 Å². The number of fused-ring (bicyclic) bond motifs is 1. The number of ether oxygens (including phenoxy) is 1. The summed E-state index contributed by atoms with van der Waals surface area (Å²) in [6.07, 6.45) is 4.08. The van der Waals surface area contributed by atoms with Gasteiger partial charge in [-0.15, -0.1) is 0 Å². The molecule has 0 spiro atoms. The summed E-state index contributed by atoms with van der Waals surface area (Å²) in [6.45, 7) is 0.214. The van der Waals surface area contributed by atoms with Gasteiger partial charge in [-0.05, 0) is 54.0 Å². The molecule has 2 N–H and O–H groups in total. The van der Waals surface area contributed by atoms with E-state index in [2.05, 4.69) is 10.3 Å².